The number of unbranched alkanes of at least 4 members (excludes halogenated alkanes) is 1. The van der Waals surface area contributed by atoms with Crippen LogP contribution in [-0.4, -0.2) is 36.0 Å². The lowest BCUT2D eigenvalue weighted by atomic mass is 9.96. The first kappa shape index (κ1) is 18.4. The first-order chi connectivity index (χ1) is 9.13. The zero-order valence-electron chi connectivity index (χ0n) is 12.1. The summed E-state index contributed by atoms with van der Waals surface area (Å²) < 4.78 is 0. The molecule has 2 atom stereocenters. The van der Waals surface area contributed by atoms with Crippen molar-refractivity contribution in [2.75, 3.05) is 19.8 Å². The van der Waals surface area contributed by atoms with E-state index in [1.165, 1.54) is 0 Å². The van der Waals surface area contributed by atoms with Crippen molar-refractivity contribution in [2.24, 2.45) is 11.8 Å². The smallest absolute Gasteiger partial charge is 0.342 e. The second-order valence-electron chi connectivity index (χ2n) is 5.10. The number of carbonyl (C=O) groups is 1. The molecule has 0 aromatic rings. The SMILES string of the molecule is CCCCOOC(=O)CC(CO)CCCC(C)CO. The van der Waals surface area contributed by atoms with Gasteiger partial charge in [0, 0.05) is 13.2 Å². The number of carbonyl (C=O) groups excluding carboxylic acids is 1. The summed E-state index contributed by atoms with van der Waals surface area (Å²) >= 11 is 0. The van der Waals surface area contributed by atoms with Crippen molar-refractivity contribution < 1.29 is 24.8 Å². The van der Waals surface area contributed by atoms with Crippen LogP contribution in [-0.2, 0) is 14.6 Å². The van der Waals surface area contributed by atoms with Gasteiger partial charge in [-0.3, -0.25) is 4.89 Å². The Kier molecular flexibility index (Phi) is 12.0. The van der Waals surface area contributed by atoms with Crippen molar-refractivity contribution in [3.05, 3.63) is 0 Å². The van der Waals surface area contributed by atoms with Crippen LogP contribution in [0.2, 0.25) is 0 Å². The average Bonchev–Trinajstić information content (AvgIpc) is 2.42. The van der Waals surface area contributed by atoms with Crippen LogP contribution in [0.25, 0.3) is 0 Å². The summed E-state index contributed by atoms with van der Waals surface area (Å²) in [6, 6.07) is 0. The predicted octanol–water partition coefficient (Wildman–Crippen LogP) is 2.06. The summed E-state index contributed by atoms with van der Waals surface area (Å²) in [6.07, 6.45) is 4.56. The fraction of sp³-hybridized carbons (Fsp3) is 0.929. The van der Waals surface area contributed by atoms with E-state index in [0.717, 1.165) is 32.1 Å². The highest BCUT2D eigenvalue weighted by atomic mass is 17.2. The Hall–Kier alpha value is -0.650. The van der Waals surface area contributed by atoms with Crippen molar-refractivity contribution in [1.82, 2.24) is 0 Å². The number of aliphatic hydroxyl groups excluding tert-OH is 2. The third-order valence-electron chi connectivity index (χ3n) is 3.07. The van der Waals surface area contributed by atoms with Crippen molar-refractivity contribution in [3.63, 3.8) is 0 Å². The molecule has 114 valence electrons. The fourth-order valence-corrected chi connectivity index (χ4v) is 1.68. The highest BCUT2D eigenvalue weighted by Gasteiger charge is 2.15. The Morgan fingerprint density at radius 1 is 1.16 bits per heavy atom. The summed E-state index contributed by atoms with van der Waals surface area (Å²) in [5.74, 6) is -0.248. The molecule has 0 aromatic heterocycles. The molecule has 0 spiro atoms. The van der Waals surface area contributed by atoms with Gasteiger partial charge in [-0.2, -0.15) is 4.89 Å². The van der Waals surface area contributed by atoms with Crippen LogP contribution < -0.4 is 0 Å². The Bertz CT molecular complexity index is 220. The molecule has 5 heteroatoms. The van der Waals surface area contributed by atoms with Crippen molar-refractivity contribution in [2.45, 2.75) is 52.4 Å². The topological polar surface area (TPSA) is 76.0 Å². The van der Waals surface area contributed by atoms with Gasteiger partial charge in [0.1, 0.15) is 0 Å². The first-order valence-corrected chi connectivity index (χ1v) is 7.18. The molecular formula is C14H28O5. The summed E-state index contributed by atoms with van der Waals surface area (Å²) in [5.41, 5.74) is 0. The van der Waals surface area contributed by atoms with Gasteiger partial charge in [0.2, 0.25) is 0 Å². The molecule has 0 heterocycles. The van der Waals surface area contributed by atoms with E-state index in [0.29, 0.717) is 6.61 Å². The Morgan fingerprint density at radius 3 is 2.47 bits per heavy atom. The van der Waals surface area contributed by atoms with Crippen LogP contribution in [0.15, 0.2) is 0 Å². The minimum Gasteiger partial charge on any atom is -0.396 e. The Balaban J connectivity index is 3.69. The first-order valence-electron chi connectivity index (χ1n) is 7.18. The van der Waals surface area contributed by atoms with Gasteiger partial charge in [0.15, 0.2) is 0 Å². The fourth-order valence-electron chi connectivity index (χ4n) is 1.68. The largest absolute Gasteiger partial charge is 0.396 e. The maximum atomic E-state index is 11.4. The van der Waals surface area contributed by atoms with Gasteiger partial charge in [-0.15, -0.1) is 0 Å². The van der Waals surface area contributed by atoms with Crippen LogP contribution in [0.1, 0.15) is 52.4 Å². The molecule has 0 aliphatic heterocycles. The Labute approximate surface area is 115 Å². The second-order valence-corrected chi connectivity index (χ2v) is 5.10. The van der Waals surface area contributed by atoms with Crippen LogP contribution >= 0.6 is 0 Å². The maximum Gasteiger partial charge on any atom is 0.342 e. The lowest BCUT2D eigenvalue weighted by Gasteiger charge is -2.14. The molecule has 2 unspecified atom stereocenters. The Morgan fingerprint density at radius 2 is 1.89 bits per heavy atom. The van der Waals surface area contributed by atoms with Crippen LogP contribution in [0.4, 0.5) is 0 Å². The van der Waals surface area contributed by atoms with E-state index < -0.39 is 5.97 Å². The average molecular weight is 276 g/mol. The summed E-state index contributed by atoms with van der Waals surface area (Å²) in [6.45, 7) is 4.57. The van der Waals surface area contributed by atoms with E-state index in [-0.39, 0.29) is 31.5 Å². The molecular weight excluding hydrogens is 248 g/mol. The highest BCUT2D eigenvalue weighted by Crippen LogP contribution is 2.16. The molecule has 0 amide bonds. The van der Waals surface area contributed by atoms with Crippen LogP contribution in [0, 0.1) is 11.8 Å². The molecule has 0 saturated carbocycles. The van der Waals surface area contributed by atoms with Gasteiger partial charge in [0.05, 0.1) is 13.0 Å². The third kappa shape index (κ3) is 10.9. The molecule has 0 bridgehead atoms. The minimum atomic E-state index is -0.426. The predicted molar refractivity (Wildman–Crippen MR) is 72.2 cm³/mol. The van der Waals surface area contributed by atoms with Gasteiger partial charge in [-0.25, -0.2) is 4.79 Å². The molecule has 0 aromatic carbocycles. The third-order valence-corrected chi connectivity index (χ3v) is 3.07. The summed E-state index contributed by atoms with van der Waals surface area (Å²) in [4.78, 5) is 20.8. The molecule has 0 rings (SSSR count). The molecule has 0 fully saturated rings. The van der Waals surface area contributed by atoms with Gasteiger partial charge < -0.3 is 10.2 Å². The number of hydrogen-bond acceptors (Lipinski definition) is 5. The van der Waals surface area contributed by atoms with E-state index >= 15 is 0 Å². The lowest BCUT2D eigenvalue weighted by molar-refractivity contribution is -0.273. The van der Waals surface area contributed by atoms with Crippen molar-refractivity contribution in [3.8, 4) is 0 Å². The number of aliphatic hydroxyl groups is 2. The van der Waals surface area contributed by atoms with E-state index in [9.17, 15) is 9.90 Å². The van der Waals surface area contributed by atoms with Gasteiger partial charge in [-0.1, -0.05) is 26.7 Å². The maximum absolute atomic E-state index is 11.4. The highest BCUT2D eigenvalue weighted by molar-refractivity contribution is 5.68. The van der Waals surface area contributed by atoms with Gasteiger partial charge >= 0.3 is 5.97 Å². The quantitative estimate of drug-likeness (QED) is 0.324. The molecule has 2 N–H and O–H groups in total. The van der Waals surface area contributed by atoms with Crippen LogP contribution in [0.3, 0.4) is 0 Å². The monoisotopic (exact) mass is 276 g/mol. The lowest BCUT2D eigenvalue weighted by Crippen LogP contribution is -2.16. The van der Waals surface area contributed by atoms with Gasteiger partial charge in [0.25, 0.3) is 0 Å². The molecule has 0 radical (unpaired) electrons. The number of hydrogen-bond donors (Lipinski definition) is 2. The second kappa shape index (κ2) is 12.4. The normalized spacial score (nSPS) is 14.1. The molecule has 0 aliphatic carbocycles. The van der Waals surface area contributed by atoms with E-state index in [1.54, 1.807) is 0 Å². The zero-order chi connectivity index (χ0) is 14.5. The van der Waals surface area contributed by atoms with Gasteiger partial charge in [-0.05, 0) is 31.1 Å². The van der Waals surface area contributed by atoms with Crippen molar-refractivity contribution in [1.29, 1.82) is 0 Å². The minimum absolute atomic E-state index is 0.0302. The van der Waals surface area contributed by atoms with E-state index in [1.807, 2.05) is 13.8 Å². The molecule has 19 heavy (non-hydrogen) atoms. The zero-order valence-corrected chi connectivity index (χ0v) is 12.1. The standard InChI is InChI=1S/C14H28O5/c1-3-4-8-18-19-14(17)9-13(11-16)7-5-6-12(2)10-15/h12-13,15-16H,3-11H2,1-2H3. The molecule has 5 nitrogen and oxygen atoms in total. The van der Waals surface area contributed by atoms with Crippen LogP contribution in [0.5, 0.6) is 0 Å². The molecule has 0 aliphatic rings. The van der Waals surface area contributed by atoms with Crippen molar-refractivity contribution >= 4 is 5.97 Å². The molecule has 0 saturated heterocycles. The van der Waals surface area contributed by atoms with E-state index in [2.05, 4.69) is 4.89 Å². The summed E-state index contributed by atoms with van der Waals surface area (Å²) in [5, 5.41) is 18.1. The number of rotatable bonds is 12. The summed E-state index contributed by atoms with van der Waals surface area (Å²) in [7, 11) is 0. The van der Waals surface area contributed by atoms with E-state index in [4.69, 9.17) is 9.99 Å².